The van der Waals surface area contributed by atoms with Crippen LogP contribution in [0.5, 0.6) is 0 Å². The SMILES string of the molecule is O=C1c2ccccc2C(=O)N1CC[N+]12CCC(CC1)[C@@H](OC(=O)C1(c3ccccc3)CCCCCC1)C2. The highest BCUT2D eigenvalue weighted by Gasteiger charge is 2.51. The number of imide groups is 1. The number of nitrogens with zero attached hydrogens (tertiary/aromatic N) is 2. The molecule has 2 aromatic carbocycles. The maximum atomic E-state index is 14.0. The molecule has 37 heavy (non-hydrogen) atoms. The molecule has 5 aliphatic rings. The van der Waals surface area contributed by atoms with Crippen molar-refractivity contribution in [1.82, 2.24) is 4.90 Å². The van der Waals surface area contributed by atoms with Gasteiger partial charge in [-0.25, -0.2) is 0 Å². The Morgan fingerprint density at radius 1 is 0.865 bits per heavy atom. The van der Waals surface area contributed by atoms with Crippen molar-refractivity contribution in [2.24, 2.45) is 5.92 Å². The van der Waals surface area contributed by atoms with Gasteiger partial charge < -0.3 is 9.22 Å². The van der Waals surface area contributed by atoms with E-state index in [0.29, 0.717) is 23.6 Å². The molecule has 4 heterocycles. The number of piperidine rings is 3. The zero-order valence-corrected chi connectivity index (χ0v) is 21.6. The molecule has 4 fully saturated rings. The summed E-state index contributed by atoms with van der Waals surface area (Å²) in [4.78, 5) is 41.2. The second-order valence-electron chi connectivity index (χ2n) is 11.6. The van der Waals surface area contributed by atoms with Gasteiger partial charge in [0.25, 0.3) is 11.8 Å². The minimum Gasteiger partial charge on any atom is -0.455 e. The van der Waals surface area contributed by atoms with Crippen molar-refractivity contribution in [3.63, 3.8) is 0 Å². The molecule has 0 unspecified atom stereocenters. The Bertz CT molecular complexity index is 1140. The first kappa shape index (κ1) is 24.4. The van der Waals surface area contributed by atoms with E-state index in [4.69, 9.17) is 4.74 Å². The van der Waals surface area contributed by atoms with Gasteiger partial charge in [0.2, 0.25) is 0 Å². The highest BCUT2D eigenvalue weighted by Crippen LogP contribution is 2.42. The Labute approximate surface area is 219 Å². The monoisotopic (exact) mass is 501 g/mol. The average Bonchev–Trinajstić information content (AvgIpc) is 3.09. The molecule has 0 spiro atoms. The maximum absolute atomic E-state index is 14.0. The van der Waals surface area contributed by atoms with E-state index in [9.17, 15) is 14.4 Å². The highest BCUT2D eigenvalue weighted by molar-refractivity contribution is 6.21. The molecule has 1 atom stereocenters. The van der Waals surface area contributed by atoms with E-state index >= 15 is 0 Å². The van der Waals surface area contributed by atoms with Gasteiger partial charge in [0.1, 0.15) is 6.54 Å². The summed E-state index contributed by atoms with van der Waals surface area (Å²) in [5.41, 5.74) is 1.56. The third-order valence-corrected chi connectivity index (χ3v) is 9.65. The summed E-state index contributed by atoms with van der Waals surface area (Å²) >= 11 is 0. The summed E-state index contributed by atoms with van der Waals surface area (Å²) in [6.45, 7) is 3.95. The summed E-state index contributed by atoms with van der Waals surface area (Å²) in [5.74, 6) is -0.0154. The Balaban J connectivity index is 1.16. The predicted octanol–water partition coefficient (Wildman–Crippen LogP) is 4.73. The fraction of sp³-hybridized carbons (Fsp3) is 0.516. The van der Waals surface area contributed by atoms with E-state index in [-0.39, 0.29) is 23.9 Å². The largest absolute Gasteiger partial charge is 0.455 e. The number of ether oxygens (including phenoxy) is 1. The van der Waals surface area contributed by atoms with Crippen LogP contribution in [-0.2, 0) is 14.9 Å². The van der Waals surface area contributed by atoms with E-state index in [1.807, 2.05) is 18.2 Å². The standard InChI is InChI=1S/C31H37N2O4/c34-28-25-12-6-7-13-26(25)29(35)32(28)18-21-33-19-14-23(15-20-33)27(22-33)37-30(36)31(16-8-1-2-9-17-31)24-10-4-3-5-11-24/h3-7,10-13,23,27H,1-2,8-9,14-22H2/q+1/t23?,27-,33?/m0/s1. The van der Waals surface area contributed by atoms with Gasteiger partial charge in [0, 0.05) is 18.8 Å². The molecule has 0 radical (unpaired) electrons. The summed E-state index contributed by atoms with van der Waals surface area (Å²) < 4.78 is 7.29. The van der Waals surface area contributed by atoms with E-state index in [1.54, 1.807) is 24.3 Å². The Morgan fingerprint density at radius 3 is 2.08 bits per heavy atom. The summed E-state index contributed by atoms with van der Waals surface area (Å²) in [7, 11) is 0. The molecule has 6 nitrogen and oxygen atoms in total. The molecular formula is C31H37N2O4+. The van der Waals surface area contributed by atoms with Crippen molar-refractivity contribution >= 4 is 17.8 Å². The Morgan fingerprint density at radius 2 is 1.46 bits per heavy atom. The average molecular weight is 502 g/mol. The molecule has 2 bridgehead atoms. The minimum atomic E-state index is -0.547. The van der Waals surface area contributed by atoms with E-state index in [1.165, 1.54) is 17.7 Å². The van der Waals surface area contributed by atoms with Crippen LogP contribution < -0.4 is 0 Å². The Kier molecular flexibility index (Phi) is 6.39. The molecule has 1 saturated carbocycles. The molecule has 194 valence electrons. The van der Waals surface area contributed by atoms with E-state index < -0.39 is 5.41 Å². The molecule has 0 N–H and O–H groups in total. The van der Waals surface area contributed by atoms with Crippen molar-refractivity contribution in [2.75, 3.05) is 32.7 Å². The third kappa shape index (κ3) is 4.29. The zero-order valence-electron chi connectivity index (χ0n) is 21.6. The molecule has 2 aromatic rings. The number of hydrogen-bond donors (Lipinski definition) is 0. The molecule has 1 aliphatic carbocycles. The van der Waals surface area contributed by atoms with Crippen molar-refractivity contribution in [2.45, 2.75) is 62.9 Å². The normalized spacial score (nSPS) is 28.6. The van der Waals surface area contributed by atoms with Crippen LogP contribution in [0.2, 0.25) is 0 Å². The fourth-order valence-electron chi connectivity index (χ4n) is 7.37. The summed E-state index contributed by atoms with van der Waals surface area (Å²) in [6.07, 6.45) is 8.12. The first-order chi connectivity index (χ1) is 18.0. The molecule has 2 amide bonds. The molecule has 0 aromatic heterocycles. The fourth-order valence-corrected chi connectivity index (χ4v) is 7.37. The van der Waals surface area contributed by atoms with Gasteiger partial charge in [0.15, 0.2) is 6.10 Å². The van der Waals surface area contributed by atoms with Crippen LogP contribution in [0, 0.1) is 5.92 Å². The summed E-state index contributed by atoms with van der Waals surface area (Å²) in [6, 6.07) is 17.3. The molecular weight excluding hydrogens is 464 g/mol. The van der Waals surface area contributed by atoms with Crippen LogP contribution in [-0.4, -0.2) is 66.0 Å². The lowest BCUT2D eigenvalue weighted by Gasteiger charge is -2.52. The van der Waals surface area contributed by atoms with Crippen molar-refractivity contribution in [1.29, 1.82) is 0 Å². The zero-order chi connectivity index (χ0) is 25.5. The van der Waals surface area contributed by atoms with Crippen LogP contribution in [0.15, 0.2) is 54.6 Å². The third-order valence-electron chi connectivity index (χ3n) is 9.65. The van der Waals surface area contributed by atoms with Crippen LogP contribution >= 0.6 is 0 Å². The van der Waals surface area contributed by atoms with Gasteiger partial charge in [-0.15, -0.1) is 0 Å². The quantitative estimate of drug-likeness (QED) is 0.249. The van der Waals surface area contributed by atoms with Crippen molar-refractivity contribution in [3.8, 4) is 0 Å². The number of carbonyl (C=O) groups excluding carboxylic acids is 3. The number of fused-ring (bicyclic) bond motifs is 4. The molecule has 3 saturated heterocycles. The van der Waals surface area contributed by atoms with Crippen molar-refractivity contribution < 1.29 is 23.6 Å². The van der Waals surface area contributed by atoms with Gasteiger partial charge in [-0.2, -0.15) is 0 Å². The van der Waals surface area contributed by atoms with Crippen molar-refractivity contribution in [3.05, 3.63) is 71.3 Å². The van der Waals surface area contributed by atoms with Gasteiger partial charge in [-0.1, -0.05) is 68.1 Å². The van der Waals surface area contributed by atoms with Gasteiger partial charge in [-0.05, 0) is 30.5 Å². The molecule has 6 heteroatoms. The predicted molar refractivity (Wildman–Crippen MR) is 140 cm³/mol. The first-order valence-corrected chi connectivity index (χ1v) is 14.1. The van der Waals surface area contributed by atoms with Crippen LogP contribution in [0.25, 0.3) is 0 Å². The number of esters is 1. The number of hydrogen-bond acceptors (Lipinski definition) is 4. The Hall–Kier alpha value is -2.99. The van der Waals surface area contributed by atoms with E-state index in [0.717, 1.165) is 74.8 Å². The number of carbonyl (C=O) groups is 3. The number of quaternary nitrogens is 1. The lowest BCUT2D eigenvalue weighted by Crippen LogP contribution is -2.66. The van der Waals surface area contributed by atoms with Crippen LogP contribution in [0.4, 0.5) is 0 Å². The molecule has 4 aliphatic heterocycles. The van der Waals surface area contributed by atoms with Gasteiger partial charge in [-0.3, -0.25) is 19.3 Å². The smallest absolute Gasteiger partial charge is 0.317 e. The highest BCUT2D eigenvalue weighted by atomic mass is 16.5. The number of amides is 2. The topological polar surface area (TPSA) is 63.7 Å². The minimum absolute atomic E-state index is 0.0437. The summed E-state index contributed by atoms with van der Waals surface area (Å²) in [5, 5.41) is 0. The molecule has 7 rings (SSSR count). The number of benzene rings is 2. The number of rotatable bonds is 6. The van der Waals surface area contributed by atoms with Crippen LogP contribution in [0.3, 0.4) is 0 Å². The first-order valence-electron chi connectivity index (χ1n) is 14.1. The van der Waals surface area contributed by atoms with E-state index in [2.05, 4.69) is 12.1 Å². The lowest BCUT2D eigenvalue weighted by molar-refractivity contribution is -0.945. The van der Waals surface area contributed by atoms with Gasteiger partial charge >= 0.3 is 5.97 Å². The van der Waals surface area contributed by atoms with Gasteiger partial charge in [0.05, 0.1) is 42.7 Å². The lowest BCUT2D eigenvalue weighted by atomic mass is 9.74. The second kappa shape index (κ2) is 9.71. The second-order valence-corrected chi connectivity index (χ2v) is 11.6. The maximum Gasteiger partial charge on any atom is 0.317 e. The van der Waals surface area contributed by atoms with Crippen LogP contribution in [0.1, 0.15) is 77.6 Å².